The maximum Gasteiger partial charge on any atom is 0.268 e. The van der Waals surface area contributed by atoms with Crippen LogP contribution in [0.2, 0.25) is 0 Å². The number of unbranched alkanes of at least 4 members (excludes halogenated alkanes) is 20. The molecule has 0 aromatic carbocycles. The van der Waals surface area contributed by atoms with Gasteiger partial charge in [0.05, 0.1) is 39.9 Å². The van der Waals surface area contributed by atoms with E-state index in [2.05, 4.69) is 43.5 Å². The van der Waals surface area contributed by atoms with Crippen molar-refractivity contribution in [2.24, 2.45) is 0 Å². The Balaban J connectivity index is 4.58. The van der Waals surface area contributed by atoms with Crippen LogP contribution in [0.25, 0.3) is 0 Å². The zero-order valence-electron chi connectivity index (χ0n) is 34.4. The van der Waals surface area contributed by atoms with Gasteiger partial charge in [0.2, 0.25) is 5.91 Å². The van der Waals surface area contributed by atoms with Crippen LogP contribution in [0.5, 0.6) is 0 Å². The third-order valence-corrected chi connectivity index (χ3v) is 10.5. The van der Waals surface area contributed by atoms with E-state index >= 15 is 0 Å². The van der Waals surface area contributed by atoms with E-state index in [4.69, 9.17) is 9.05 Å². The van der Waals surface area contributed by atoms with Crippen LogP contribution in [0.3, 0.4) is 0 Å². The van der Waals surface area contributed by atoms with Gasteiger partial charge in [-0.2, -0.15) is 0 Å². The highest BCUT2D eigenvalue weighted by atomic mass is 31.2. The molecule has 4 atom stereocenters. The third kappa shape index (κ3) is 34.7. The number of phosphoric ester groups is 1. The van der Waals surface area contributed by atoms with Crippen LogP contribution in [-0.2, 0) is 18.4 Å². The number of quaternary nitrogens is 1. The van der Waals surface area contributed by atoms with Crippen LogP contribution in [0.4, 0.5) is 0 Å². The molecule has 0 bridgehead atoms. The van der Waals surface area contributed by atoms with Crippen molar-refractivity contribution in [1.82, 2.24) is 5.32 Å². The van der Waals surface area contributed by atoms with Crippen LogP contribution < -0.4 is 10.2 Å². The minimum atomic E-state index is -4.67. The summed E-state index contributed by atoms with van der Waals surface area (Å²) in [5.41, 5.74) is 0. The van der Waals surface area contributed by atoms with Crippen LogP contribution in [-0.4, -0.2) is 79.8 Å². The highest BCUT2D eigenvalue weighted by molar-refractivity contribution is 7.45. The van der Waals surface area contributed by atoms with Crippen molar-refractivity contribution in [2.75, 3.05) is 40.9 Å². The predicted octanol–water partition coefficient (Wildman–Crippen LogP) is 9.70. The number of aliphatic hydroxyl groups excluding tert-OH is 2. The second-order valence-corrected chi connectivity index (χ2v) is 17.2. The maximum atomic E-state index is 12.9. The first kappa shape index (κ1) is 50.9. The minimum Gasteiger partial charge on any atom is -0.756 e. The van der Waals surface area contributed by atoms with Gasteiger partial charge in [0.15, 0.2) is 0 Å². The van der Waals surface area contributed by atoms with Crippen molar-refractivity contribution in [3.05, 3.63) is 24.3 Å². The number of hydrogen-bond donors (Lipinski definition) is 3. The molecule has 0 spiro atoms. The summed E-state index contributed by atoms with van der Waals surface area (Å²) < 4.78 is 23.1. The number of aliphatic hydroxyl groups is 2. The molecule has 0 aliphatic rings. The zero-order valence-corrected chi connectivity index (χ0v) is 35.3. The number of likely N-dealkylation sites (N-methyl/N-ethyl adjacent to an activating group) is 1. The first-order valence-electron chi connectivity index (χ1n) is 21.3. The van der Waals surface area contributed by atoms with Gasteiger partial charge in [-0.3, -0.25) is 9.36 Å². The van der Waals surface area contributed by atoms with E-state index in [1.807, 2.05) is 21.1 Å². The average molecular weight is 759 g/mol. The quantitative estimate of drug-likeness (QED) is 0.0248. The molecule has 308 valence electrons. The average Bonchev–Trinajstić information content (AvgIpc) is 3.09. The van der Waals surface area contributed by atoms with E-state index < -0.39 is 32.7 Å². The summed E-state index contributed by atoms with van der Waals surface area (Å²) in [6, 6.07) is -1.09. The Kier molecular flexibility index (Phi) is 33.7. The fourth-order valence-corrected chi connectivity index (χ4v) is 6.73. The Labute approximate surface area is 320 Å². The molecular formula is C42H83N2O7P. The molecular weight excluding hydrogens is 675 g/mol. The SMILES string of the molecule is CCCCCCCCC/C=C\CCCCCCCC(=O)NC(COP(=O)([O-])OCC[N+](C)(C)C)C(O)C(O)CCC/C=C/CCCCCCCCC. The summed E-state index contributed by atoms with van der Waals surface area (Å²) in [7, 11) is 1.10. The van der Waals surface area contributed by atoms with Gasteiger partial charge in [0, 0.05) is 6.42 Å². The summed E-state index contributed by atoms with van der Waals surface area (Å²) in [4.78, 5) is 25.3. The molecule has 10 heteroatoms. The van der Waals surface area contributed by atoms with Crippen molar-refractivity contribution in [1.29, 1.82) is 0 Å². The molecule has 0 aliphatic carbocycles. The van der Waals surface area contributed by atoms with Crippen LogP contribution in [0.1, 0.15) is 181 Å². The van der Waals surface area contributed by atoms with Gasteiger partial charge in [-0.25, -0.2) is 0 Å². The summed E-state index contributed by atoms with van der Waals surface area (Å²) in [5, 5.41) is 24.5. The Morgan fingerprint density at radius 1 is 0.673 bits per heavy atom. The van der Waals surface area contributed by atoms with Crippen LogP contribution in [0, 0.1) is 0 Å². The number of allylic oxidation sites excluding steroid dienone is 4. The monoisotopic (exact) mass is 759 g/mol. The van der Waals surface area contributed by atoms with Crippen molar-refractivity contribution in [3.63, 3.8) is 0 Å². The number of carbonyl (C=O) groups is 1. The second kappa shape index (κ2) is 34.4. The lowest BCUT2D eigenvalue weighted by Crippen LogP contribution is -2.51. The lowest BCUT2D eigenvalue weighted by molar-refractivity contribution is -0.870. The molecule has 0 aliphatic heterocycles. The number of amides is 1. The van der Waals surface area contributed by atoms with Crippen molar-refractivity contribution in [2.45, 2.75) is 199 Å². The molecule has 52 heavy (non-hydrogen) atoms. The molecule has 4 unspecified atom stereocenters. The summed E-state index contributed by atoms with van der Waals surface area (Å²) >= 11 is 0. The molecule has 9 nitrogen and oxygen atoms in total. The van der Waals surface area contributed by atoms with Gasteiger partial charge in [0.25, 0.3) is 7.82 Å². The molecule has 0 radical (unpaired) electrons. The minimum absolute atomic E-state index is 0.0471. The van der Waals surface area contributed by atoms with Gasteiger partial charge >= 0.3 is 0 Å². The lowest BCUT2D eigenvalue weighted by atomic mass is 10.0. The summed E-state index contributed by atoms with van der Waals surface area (Å²) in [6.45, 7) is 4.38. The third-order valence-electron chi connectivity index (χ3n) is 9.50. The van der Waals surface area contributed by atoms with E-state index in [0.29, 0.717) is 30.3 Å². The zero-order chi connectivity index (χ0) is 38.8. The predicted molar refractivity (Wildman–Crippen MR) is 216 cm³/mol. The molecule has 0 fully saturated rings. The standard InChI is InChI=1S/C42H83N2O7P/c1-6-8-10-12-14-16-18-20-21-22-23-25-27-29-31-33-35-41(46)43-39(38-51-52(48,49)50-37-36-44(3,4)5)42(47)40(45)34-32-30-28-26-24-19-17-15-13-11-9-7-2/h21-22,26,28,39-40,42,45,47H,6-20,23-25,27,29-38H2,1-5H3,(H-,43,46,48,49)/b22-21-,28-26+. The second-order valence-electron chi connectivity index (χ2n) is 15.8. The van der Waals surface area contributed by atoms with E-state index in [0.717, 1.165) is 44.9 Å². The number of phosphoric acid groups is 1. The first-order valence-corrected chi connectivity index (χ1v) is 22.7. The summed E-state index contributed by atoms with van der Waals surface area (Å²) in [6.07, 6.45) is 35.0. The first-order chi connectivity index (χ1) is 24.9. The largest absolute Gasteiger partial charge is 0.756 e. The van der Waals surface area contributed by atoms with Crippen molar-refractivity contribution in [3.8, 4) is 0 Å². The molecule has 1 amide bonds. The Hall–Kier alpha value is -1.06. The van der Waals surface area contributed by atoms with Crippen molar-refractivity contribution < 1.29 is 38.0 Å². The fraction of sp³-hybridized carbons (Fsp3) is 0.881. The van der Waals surface area contributed by atoms with Gasteiger partial charge < -0.3 is 34.0 Å². The van der Waals surface area contributed by atoms with E-state index in [1.165, 1.54) is 96.3 Å². The Morgan fingerprint density at radius 2 is 1.10 bits per heavy atom. The van der Waals surface area contributed by atoms with Crippen LogP contribution in [0.15, 0.2) is 24.3 Å². The van der Waals surface area contributed by atoms with Gasteiger partial charge in [-0.15, -0.1) is 0 Å². The molecule has 0 aromatic heterocycles. The smallest absolute Gasteiger partial charge is 0.268 e. The molecule has 0 rings (SSSR count). The topological polar surface area (TPSA) is 128 Å². The molecule has 3 N–H and O–H groups in total. The Morgan fingerprint density at radius 3 is 1.56 bits per heavy atom. The fourth-order valence-electron chi connectivity index (χ4n) is 6.01. The molecule has 0 saturated heterocycles. The highest BCUT2D eigenvalue weighted by Crippen LogP contribution is 2.38. The maximum absolute atomic E-state index is 12.9. The number of carbonyl (C=O) groups excluding carboxylic acids is 1. The Bertz CT molecular complexity index is 924. The highest BCUT2D eigenvalue weighted by Gasteiger charge is 2.29. The van der Waals surface area contributed by atoms with Gasteiger partial charge in [-0.1, -0.05) is 134 Å². The van der Waals surface area contributed by atoms with E-state index in [9.17, 15) is 24.5 Å². The van der Waals surface area contributed by atoms with E-state index in [-0.39, 0.29) is 18.9 Å². The number of rotatable bonds is 38. The van der Waals surface area contributed by atoms with Gasteiger partial charge in [0.1, 0.15) is 19.3 Å². The summed E-state index contributed by atoms with van der Waals surface area (Å²) in [5.74, 6) is -0.298. The normalized spacial score (nSPS) is 15.3. The van der Waals surface area contributed by atoms with Crippen LogP contribution >= 0.6 is 7.82 Å². The van der Waals surface area contributed by atoms with E-state index in [1.54, 1.807) is 0 Å². The van der Waals surface area contributed by atoms with Gasteiger partial charge in [-0.05, 0) is 64.2 Å². The number of hydrogen-bond acceptors (Lipinski definition) is 7. The molecule has 0 saturated carbocycles. The van der Waals surface area contributed by atoms with Crippen molar-refractivity contribution >= 4 is 13.7 Å². The number of nitrogens with zero attached hydrogens (tertiary/aromatic N) is 1. The molecule has 0 aromatic rings. The number of nitrogens with one attached hydrogen (secondary N) is 1. The molecule has 0 heterocycles. The lowest BCUT2D eigenvalue weighted by Gasteiger charge is -2.31.